The van der Waals surface area contributed by atoms with Crippen molar-refractivity contribution in [2.75, 3.05) is 20.3 Å². The zero-order valence-electron chi connectivity index (χ0n) is 14.0. The van der Waals surface area contributed by atoms with Gasteiger partial charge in [0, 0.05) is 12.2 Å². The van der Waals surface area contributed by atoms with E-state index in [-0.39, 0.29) is 23.4 Å². The molecule has 0 saturated carbocycles. The van der Waals surface area contributed by atoms with Crippen molar-refractivity contribution in [2.24, 2.45) is 5.41 Å². The van der Waals surface area contributed by atoms with E-state index in [1.807, 2.05) is 13.8 Å². The number of likely N-dealkylation sites (N-methyl/N-ethyl adjacent to an activating group) is 1. The molecule has 4 heteroatoms. The maximum atomic E-state index is 13.7. The van der Waals surface area contributed by atoms with E-state index in [2.05, 4.69) is 26.1 Å². The van der Waals surface area contributed by atoms with E-state index in [9.17, 15) is 4.39 Å². The lowest BCUT2D eigenvalue weighted by molar-refractivity contribution is -0.0367. The average Bonchev–Trinajstić information content (AvgIpc) is 2.41. The molecule has 0 amide bonds. The van der Waals surface area contributed by atoms with E-state index in [0.29, 0.717) is 12.4 Å². The van der Waals surface area contributed by atoms with Crippen LogP contribution in [0.2, 0.25) is 0 Å². The van der Waals surface area contributed by atoms with Crippen molar-refractivity contribution < 1.29 is 13.9 Å². The monoisotopic (exact) mass is 297 g/mol. The Bertz CT molecular complexity index is 443. The number of ether oxygens (including phenoxy) is 2. The van der Waals surface area contributed by atoms with Crippen LogP contribution in [0.15, 0.2) is 18.2 Å². The maximum Gasteiger partial charge on any atom is 0.123 e. The van der Waals surface area contributed by atoms with Crippen molar-refractivity contribution in [2.45, 2.75) is 46.8 Å². The molecule has 0 spiro atoms. The molecule has 3 nitrogen and oxygen atoms in total. The smallest absolute Gasteiger partial charge is 0.123 e. The molecule has 2 unspecified atom stereocenters. The van der Waals surface area contributed by atoms with Gasteiger partial charge in [-0.25, -0.2) is 4.39 Å². The molecule has 1 aromatic carbocycles. The van der Waals surface area contributed by atoms with E-state index in [0.717, 1.165) is 12.1 Å². The van der Waals surface area contributed by atoms with E-state index in [1.54, 1.807) is 13.2 Å². The van der Waals surface area contributed by atoms with Crippen LogP contribution in [0.4, 0.5) is 4.39 Å². The molecular formula is C17H28FNO2. The fourth-order valence-electron chi connectivity index (χ4n) is 2.57. The predicted molar refractivity (Wildman–Crippen MR) is 84.2 cm³/mol. The Morgan fingerprint density at radius 3 is 2.38 bits per heavy atom. The average molecular weight is 297 g/mol. The van der Waals surface area contributed by atoms with Gasteiger partial charge in [-0.05, 0) is 37.1 Å². The van der Waals surface area contributed by atoms with Gasteiger partial charge < -0.3 is 14.8 Å². The largest absolute Gasteiger partial charge is 0.496 e. The topological polar surface area (TPSA) is 30.5 Å². The van der Waals surface area contributed by atoms with Gasteiger partial charge in [-0.1, -0.05) is 27.7 Å². The Kier molecular flexibility index (Phi) is 6.62. The fourth-order valence-corrected chi connectivity index (χ4v) is 2.57. The highest BCUT2D eigenvalue weighted by atomic mass is 19.1. The van der Waals surface area contributed by atoms with Crippen molar-refractivity contribution >= 4 is 0 Å². The Hall–Kier alpha value is -1.13. The predicted octanol–water partition coefficient (Wildman–Crippen LogP) is 3.94. The molecule has 21 heavy (non-hydrogen) atoms. The molecule has 0 bridgehead atoms. The Morgan fingerprint density at radius 1 is 1.24 bits per heavy atom. The zero-order valence-corrected chi connectivity index (χ0v) is 14.0. The third kappa shape index (κ3) is 4.68. The van der Waals surface area contributed by atoms with Gasteiger partial charge in [0.05, 0.1) is 19.3 Å². The van der Waals surface area contributed by atoms with Gasteiger partial charge in [0.25, 0.3) is 0 Å². The highest BCUT2D eigenvalue weighted by Gasteiger charge is 2.35. The van der Waals surface area contributed by atoms with Crippen LogP contribution in [0.5, 0.6) is 5.75 Å². The summed E-state index contributed by atoms with van der Waals surface area (Å²) < 4.78 is 25.1. The normalized spacial score (nSPS) is 14.8. The van der Waals surface area contributed by atoms with Gasteiger partial charge in [0.15, 0.2) is 0 Å². The Morgan fingerprint density at radius 2 is 1.90 bits per heavy atom. The van der Waals surface area contributed by atoms with Crippen LogP contribution < -0.4 is 10.1 Å². The first kappa shape index (κ1) is 17.9. The van der Waals surface area contributed by atoms with Gasteiger partial charge in [0.2, 0.25) is 0 Å². The second-order valence-corrected chi connectivity index (χ2v) is 6.16. The first-order valence-corrected chi connectivity index (χ1v) is 7.53. The number of methoxy groups -OCH3 is 1. The summed E-state index contributed by atoms with van der Waals surface area (Å²) in [6.45, 7) is 11.8. The summed E-state index contributed by atoms with van der Waals surface area (Å²) in [7, 11) is 1.60. The highest BCUT2D eigenvalue weighted by molar-refractivity contribution is 5.37. The van der Waals surface area contributed by atoms with E-state index >= 15 is 0 Å². The lowest BCUT2D eigenvalue weighted by Crippen LogP contribution is -2.42. The maximum absolute atomic E-state index is 13.7. The molecule has 120 valence electrons. The molecule has 0 aliphatic carbocycles. The summed E-state index contributed by atoms with van der Waals surface area (Å²) in [5.41, 5.74) is 0.716. The van der Waals surface area contributed by atoms with Crippen molar-refractivity contribution in [3.63, 3.8) is 0 Å². The Balaban J connectivity index is 3.29. The highest BCUT2D eigenvalue weighted by Crippen LogP contribution is 2.36. The number of benzene rings is 1. The van der Waals surface area contributed by atoms with Gasteiger partial charge in [0.1, 0.15) is 11.6 Å². The van der Waals surface area contributed by atoms with Crippen LogP contribution in [0, 0.1) is 11.2 Å². The fraction of sp³-hybridized carbons (Fsp3) is 0.647. The van der Waals surface area contributed by atoms with Crippen molar-refractivity contribution in [3.05, 3.63) is 29.6 Å². The summed E-state index contributed by atoms with van der Waals surface area (Å²) in [6, 6.07) is 4.49. The second-order valence-electron chi connectivity index (χ2n) is 6.16. The number of hydrogen-bond acceptors (Lipinski definition) is 3. The number of halogens is 1. The zero-order chi connectivity index (χ0) is 16.0. The van der Waals surface area contributed by atoms with E-state index in [4.69, 9.17) is 9.47 Å². The third-order valence-corrected chi connectivity index (χ3v) is 3.45. The lowest BCUT2D eigenvalue weighted by Gasteiger charge is -2.38. The SMILES string of the molecule is CCNC(c1cc(F)ccc1OC)C(OCC)C(C)(C)C. The molecular weight excluding hydrogens is 269 g/mol. The first-order chi connectivity index (χ1) is 9.85. The van der Waals surface area contributed by atoms with E-state index in [1.165, 1.54) is 12.1 Å². The van der Waals surface area contributed by atoms with Crippen molar-refractivity contribution in [1.82, 2.24) is 5.32 Å². The minimum atomic E-state index is -0.266. The van der Waals surface area contributed by atoms with Gasteiger partial charge in [-0.3, -0.25) is 0 Å². The van der Waals surface area contributed by atoms with E-state index < -0.39 is 0 Å². The van der Waals surface area contributed by atoms with Crippen LogP contribution in [0.25, 0.3) is 0 Å². The summed E-state index contributed by atoms with van der Waals surface area (Å²) in [5.74, 6) is 0.411. The molecule has 1 rings (SSSR count). The van der Waals surface area contributed by atoms with Crippen LogP contribution in [0.1, 0.15) is 46.2 Å². The quantitative estimate of drug-likeness (QED) is 0.827. The molecule has 0 aliphatic rings. The minimum absolute atomic E-state index is 0.0832. The number of hydrogen-bond donors (Lipinski definition) is 1. The Labute approximate surface area is 127 Å². The molecule has 2 atom stereocenters. The second kappa shape index (κ2) is 7.76. The lowest BCUT2D eigenvalue weighted by atomic mass is 9.81. The summed E-state index contributed by atoms with van der Waals surface area (Å²) in [5, 5.41) is 3.42. The van der Waals surface area contributed by atoms with Gasteiger partial charge >= 0.3 is 0 Å². The molecule has 0 radical (unpaired) electrons. The van der Waals surface area contributed by atoms with Gasteiger partial charge in [-0.2, -0.15) is 0 Å². The molecule has 1 aromatic rings. The van der Waals surface area contributed by atoms with Crippen LogP contribution in [0.3, 0.4) is 0 Å². The molecule has 0 saturated heterocycles. The summed E-state index contributed by atoms with van der Waals surface area (Å²) in [4.78, 5) is 0. The van der Waals surface area contributed by atoms with Crippen LogP contribution in [-0.2, 0) is 4.74 Å². The summed E-state index contributed by atoms with van der Waals surface area (Å²) >= 11 is 0. The number of rotatable bonds is 7. The molecule has 0 heterocycles. The molecule has 0 aliphatic heterocycles. The van der Waals surface area contributed by atoms with Crippen molar-refractivity contribution in [3.8, 4) is 5.75 Å². The van der Waals surface area contributed by atoms with Crippen molar-refractivity contribution in [1.29, 1.82) is 0 Å². The number of nitrogens with one attached hydrogen (secondary N) is 1. The van der Waals surface area contributed by atoms with Gasteiger partial charge in [-0.15, -0.1) is 0 Å². The summed E-state index contributed by atoms with van der Waals surface area (Å²) in [6.07, 6.45) is -0.0850. The third-order valence-electron chi connectivity index (χ3n) is 3.45. The minimum Gasteiger partial charge on any atom is -0.496 e. The molecule has 0 fully saturated rings. The van der Waals surface area contributed by atoms with Crippen LogP contribution >= 0.6 is 0 Å². The first-order valence-electron chi connectivity index (χ1n) is 7.53. The molecule has 0 aromatic heterocycles. The molecule has 1 N–H and O–H groups in total. The standard InChI is InChI=1S/C17H28FNO2/c1-7-19-15(16(21-8-2)17(3,4)5)13-11-12(18)9-10-14(13)20-6/h9-11,15-16,19H,7-8H2,1-6H3. The van der Waals surface area contributed by atoms with Crippen LogP contribution in [-0.4, -0.2) is 26.4 Å².